The number of aromatic nitrogens is 2. The molecule has 2 amide bonds. The lowest BCUT2D eigenvalue weighted by Crippen LogP contribution is -2.53. The summed E-state index contributed by atoms with van der Waals surface area (Å²) in [6.07, 6.45) is 3.52. The summed E-state index contributed by atoms with van der Waals surface area (Å²) in [5, 5.41) is 3.24. The molecule has 2 fully saturated rings. The van der Waals surface area contributed by atoms with Crippen LogP contribution in [0, 0.1) is 25.7 Å². The van der Waals surface area contributed by atoms with E-state index in [2.05, 4.69) is 17.2 Å². The van der Waals surface area contributed by atoms with Crippen molar-refractivity contribution in [1.29, 1.82) is 0 Å². The maximum atomic E-state index is 12.8. The van der Waals surface area contributed by atoms with Crippen molar-refractivity contribution in [2.24, 2.45) is 11.8 Å². The largest absolute Gasteiger partial charge is 0.381 e. The van der Waals surface area contributed by atoms with Crippen LogP contribution in [0.4, 0.5) is 0 Å². The lowest BCUT2D eigenvalue weighted by atomic mass is 9.88. The molecule has 2 atom stereocenters. The second-order valence-corrected chi connectivity index (χ2v) is 8.52. The van der Waals surface area contributed by atoms with Crippen molar-refractivity contribution >= 4 is 11.8 Å². The lowest BCUT2D eigenvalue weighted by Gasteiger charge is -2.39. The first-order chi connectivity index (χ1) is 14.4. The fourth-order valence-corrected chi connectivity index (χ4v) is 4.53. The van der Waals surface area contributed by atoms with E-state index in [0.717, 1.165) is 31.4 Å². The first kappa shape index (κ1) is 22.5. The zero-order chi connectivity index (χ0) is 21.7. The van der Waals surface area contributed by atoms with Crippen LogP contribution in [0.3, 0.4) is 0 Å². The van der Waals surface area contributed by atoms with Gasteiger partial charge in [-0.05, 0) is 51.5 Å². The third kappa shape index (κ3) is 5.47. The van der Waals surface area contributed by atoms with E-state index in [4.69, 9.17) is 4.74 Å². The predicted molar refractivity (Wildman–Crippen MR) is 113 cm³/mol. The second-order valence-electron chi connectivity index (χ2n) is 8.52. The summed E-state index contributed by atoms with van der Waals surface area (Å²) in [6.45, 7) is 8.69. The molecule has 30 heavy (non-hydrogen) atoms. The summed E-state index contributed by atoms with van der Waals surface area (Å²) < 4.78 is 6.91. The zero-order valence-electron chi connectivity index (χ0n) is 18.4. The molecule has 0 bridgehead atoms. The highest BCUT2D eigenvalue weighted by atomic mass is 16.5. The van der Waals surface area contributed by atoms with Gasteiger partial charge in [0.15, 0.2) is 0 Å². The quantitative estimate of drug-likeness (QED) is 0.754. The minimum Gasteiger partial charge on any atom is -0.381 e. The smallest absolute Gasteiger partial charge is 0.347 e. The van der Waals surface area contributed by atoms with Gasteiger partial charge in [-0.3, -0.25) is 14.2 Å². The predicted octanol–water partition coefficient (Wildman–Crippen LogP) is 1.42. The number of piperidine rings is 1. The number of nitrogens with zero attached hydrogens (tertiary/aromatic N) is 3. The molecule has 1 aromatic heterocycles. The van der Waals surface area contributed by atoms with Crippen LogP contribution in [0.1, 0.15) is 50.4 Å². The number of ether oxygens (including phenoxy) is 1. The van der Waals surface area contributed by atoms with E-state index in [0.29, 0.717) is 38.5 Å². The summed E-state index contributed by atoms with van der Waals surface area (Å²) in [5.41, 5.74) is 1.21. The number of amides is 2. The van der Waals surface area contributed by atoms with Gasteiger partial charge >= 0.3 is 5.69 Å². The molecule has 0 unspecified atom stereocenters. The van der Waals surface area contributed by atoms with Gasteiger partial charge in [0.25, 0.3) is 0 Å². The highest BCUT2D eigenvalue weighted by molar-refractivity contribution is 5.79. The fourth-order valence-electron chi connectivity index (χ4n) is 4.53. The van der Waals surface area contributed by atoms with Gasteiger partial charge in [0.05, 0.1) is 0 Å². The van der Waals surface area contributed by atoms with Crippen LogP contribution in [-0.4, -0.2) is 58.6 Å². The van der Waals surface area contributed by atoms with Crippen LogP contribution >= 0.6 is 0 Å². The normalized spacial score (nSPS) is 22.7. The number of carbonyl (C=O) groups excluding carboxylic acids is 2. The molecule has 0 radical (unpaired) electrons. The Bertz CT molecular complexity index is 816. The standard InChI is InChI=1S/C22H34N4O4/c1-4-17-14-25(9-5-19(17)24-21(28)18-7-11-30-12-8-18)20(27)6-10-26-16(3)13-15(2)23-22(26)29/h13,17-19H,4-12,14H2,1-3H3,(H,24,28)/t17-,19+/m1/s1. The van der Waals surface area contributed by atoms with Crippen LogP contribution in [0.15, 0.2) is 10.9 Å². The molecule has 3 rings (SSSR count). The average Bonchev–Trinajstić information content (AvgIpc) is 2.73. The number of likely N-dealkylation sites (tertiary alicyclic amines) is 1. The third-order valence-corrected chi connectivity index (χ3v) is 6.43. The Morgan fingerprint density at radius 1 is 1.23 bits per heavy atom. The molecule has 8 heteroatoms. The van der Waals surface area contributed by atoms with Gasteiger partial charge < -0.3 is 15.0 Å². The fraction of sp³-hybridized carbons (Fsp3) is 0.727. The molecule has 2 saturated heterocycles. The Labute approximate surface area is 178 Å². The zero-order valence-corrected chi connectivity index (χ0v) is 18.4. The first-order valence-electron chi connectivity index (χ1n) is 11.1. The van der Waals surface area contributed by atoms with E-state index in [1.54, 1.807) is 11.5 Å². The minimum absolute atomic E-state index is 0.0422. The Morgan fingerprint density at radius 2 is 1.97 bits per heavy atom. The molecular weight excluding hydrogens is 384 g/mol. The van der Waals surface area contributed by atoms with Crippen molar-refractivity contribution in [2.45, 2.75) is 65.5 Å². The average molecular weight is 419 g/mol. The van der Waals surface area contributed by atoms with E-state index in [9.17, 15) is 14.4 Å². The van der Waals surface area contributed by atoms with Gasteiger partial charge in [0.1, 0.15) is 0 Å². The molecule has 8 nitrogen and oxygen atoms in total. The minimum atomic E-state index is -0.304. The topological polar surface area (TPSA) is 93.5 Å². The Morgan fingerprint density at radius 3 is 2.63 bits per heavy atom. The second kappa shape index (κ2) is 10.2. The van der Waals surface area contributed by atoms with Crippen molar-refractivity contribution in [3.63, 3.8) is 0 Å². The van der Waals surface area contributed by atoms with Gasteiger partial charge in [0.2, 0.25) is 11.8 Å². The molecule has 0 aliphatic carbocycles. The maximum Gasteiger partial charge on any atom is 0.347 e. The van der Waals surface area contributed by atoms with E-state index in [1.165, 1.54) is 0 Å². The summed E-state index contributed by atoms with van der Waals surface area (Å²) in [4.78, 5) is 43.3. The van der Waals surface area contributed by atoms with Gasteiger partial charge in [-0.2, -0.15) is 4.98 Å². The molecule has 1 N–H and O–H groups in total. The Hall–Kier alpha value is -2.22. The molecule has 166 valence electrons. The van der Waals surface area contributed by atoms with Crippen molar-refractivity contribution < 1.29 is 14.3 Å². The van der Waals surface area contributed by atoms with Crippen LogP contribution in [0.2, 0.25) is 0 Å². The van der Waals surface area contributed by atoms with E-state index < -0.39 is 0 Å². The number of carbonyl (C=O) groups is 2. The molecule has 0 aromatic carbocycles. The number of aryl methyl sites for hydroxylation is 2. The molecule has 0 spiro atoms. The van der Waals surface area contributed by atoms with E-state index >= 15 is 0 Å². The van der Waals surface area contributed by atoms with Gasteiger partial charge in [-0.25, -0.2) is 4.79 Å². The number of hydrogen-bond acceptors (Lipinski definition) is 5. The third-order valence-electron chi connectivity index (χ3n) is 6.43. The highest BCUT2D eigenvalue weighted by Crippen LogP contribution is 2.23. The highest BCUT2D eigenvalue weighted by Gasteiger charge is 2.33. The molecule has 3 heterocycles. The Balaban J connectivity index is 1.53. The van der Waals surface area contributed by atoms with Crippen LogP contribution < -0.4 is 11.0 Å². The Kier molecular flexibility index (Phi) is 7.64. The molecule has 1 aromatic rings. The summed E-state index contributed by atoms with van der Waals surface area (Å²) in [6, 6.07) is 1.96. The monoisotopic (exact) mass is 418 g/mol. The molecular formula is C22H34N4O4. The summed E-state index contributed by atoms with van der Waals surface area (Å²) >= 11 is 0. The van der Waals surface area contributed by atoms with Crippen LogP contribution in [-0.2, 0) is 20.9 Å². The van der Waals surface area contributed by atoms with Gasteiger partial charge in [0, 0.05) is 62.6 Å². The van der Waals surface area contributed by atoms with Crippen LogP contribution in [0.5, 0.6) is 0 Å². The van der Waals surface area contributed by atoms with Gasteiger partial charge in [-0.1, -0.05) is 6.92 Å². The number of rotatable bonds is 6. The summed E-state index contributed by atoms with van der Waals surface area (Å²) in [5.74, 6) is 0.468. The van der Waals surface area contributed by atoms with Crippen molar-refractivity contribution in [2.75, 3.05) is 26.3 Å². The molecule has 2 aliphatic heterocycles. The number of nitrogens with one attached hydrogen (secondary N) is 1. The van der Waals surface area contributed by atoms with Gasteiger partial charge in [-0.15, -0.1) is 0 Å². The molecule has 2 aliphatic rings. The van der Waals surface area contributed by atoms with Crippen molar-refractivity contribution in [3.8, 4) is 0 Å². The molecule has 0 saturated carbocycles. The van der Waals surface area contributed by atoms with Crippen molar-refractivity contribution in [1.82, 2.24) is 19.8 Å². The van der Waals surface area contributed by atoms with Crippen molar-refractivity contribution in [3.05, 3.63) is 27.9 Å². The van der Waals surface area contributed by atoms with Crippen LogP contribution in [0.25, 0.3) is 0 Å². The first-order valence-corrected chi connectivity index (χ1v) is 11.1. The van der Waals surface area contributed by atoms with E-state index in [1.807, 2.05) is 17.9 Å². The summed E-state index contributed by atoms with van der Waals surface area (Å²) in [7, 11) is 0. The number of hydrogen-bond donors (Lipinski definition) is 1. The SMILES string of the molecule is CC[C@@H]1CN(C(=O)CCn2c(C)cc(C)nc2=O)CC[C@@H]1NC(=O)C1CCOCC1. The lowest BCUT2D eigenvalue weighted by molar-refractivity contribution is -0.134. The van der Waals surface area contributed by atoms with E-state index in [-0.39, 0.29) is 41.8 Å². The maximum absolute atomic E-state index is 12.8.